The van der Waals surface area contributed by atoms with Crippen LogP contribution in [-0.4, -0.2) is 0 Å². The number of nitrogens with zero attached hydrogens (tertiary/aromatic N) is 1. The lowest BCUT2D eigenvalue weighted by atomic mass is 9.63. The Hall–Kier alpha value is -1.95. The van der Waals surface area contributed by atoms with Gasteiger partial charge in [-0.25, -0.2) is 8.78 Å². The van der Waals surface area contributed by atoms with Crippen molar-refractivity contribution >= 4 is 10.8 Å². The first-order valence-electron chi connectivity index (χ1n) is 9.92. The SMILES string of the molecule is CC[C@@H]1CC[C@@H]2CC(c3ccc4c(F)c(C#N)c(F)cc4c3)CCC2C1. The lowest BCUT2D eigenvalue weighted by molar-refractivity contribution is 0.116. The van der Waals surface area contributed by atoms with E-state index in [1.807, 2.05) is 12.1 Å². The Bertz CT molecular complexity index is 867. The van der Waals surface area contributed by atoms with Gasteiger partial charge >= 0.3 is 0 Å². The van der Waals surface area contributed by atoms with E-state index in [4.69, 9.17) is 5.26 Å². The van der Waals surface area contributed by atoms with Crippen molar-refractivity contribution in [3.05, 3.63) is 47.0 Å². The third-order valence-electron chi connectivity index (χ3n) is 6.93. The molecule has 4 atom stereocenters. The fourth-order valence-electron chi connectivity index (χ4n) is 5.37. The zero-order valence-corrected chi connectivity index (χ0v) is 15.3. The summed E-state index contributed by atoms with van der Waals surface area (Å²) in [6, 6.07) is 8.56. The summed E-state index contributed by atoms with van der Waals surface area (Å²) in [6.45, 7) is 2.31. The summed E-state index contributed by atoms with van der Waals surface area (Å²) in [5, 5.41) is 9.83. The Morgan fingerprint density at radius 3 is 2.58 bits per heavy atom. The van der Waals surface area contributed by atoms with Gasteiger partial charge in [0, 0.05) is 5.39 Å². The normalized spacial score (nSPS) is 28.5. The molecular formula is C23H25F2N. The third kappa shape index (κ3) is 3.00. The molecule has 0 saturated heterocycles. The number of hydrogen-bond acceptors (Lipinski definition) is 1. The number of fused-ring (bicyclic) bond motifs is 2. The first kappa shape index (κ1) is 17.5. The van der Waals surface area contributed by atoms with Crippen molar-refractivity contribution in [1.82, 2.24) is 0 Å². The van der Waals surface area contributed by atoms with Crippen LogP contribution in [0.3, 0.4) is 0 Å². The molecule has 2 unspecified atom stereocenters. The lowest BCUT2D eigenvalue weighted by Gasteiger charge is -2.42. The van der Waals surface area contributed by atoms with Gasteiger partial charge < -0.3 is 0 Å². The molecule has 0 radical (unpaired) electrons. The second-order valence-electron chi connectivity index (χ2n) is 8.26. The second kappa shape index (κ2) is 6.99. The number of hydrogen-bond donors (Lipinski definition) is 0. The minimum atomic E-state index is -0.767. The summed E-state index contributed by atoms with van der Waals surface area (Å²) in [6.07, 6.45) is 9.04. The number of rotatable bonds is 2. The molecule has 3 heteroatoms. The van der Waals surface area contributed by atoms with Crippen LogP contribution in [-0.2, 0) is 0 Å². The van der Waals surface area contributed by atoms with E-state index in [-0.39, 0.29) is 0 Å². The second-order valence-corrected chi connectivity index (χ2v) is 8.26. The smallest absolute Gasteiger partial charge is 0.151 e. The molecule has 2 aromatic carbocycles. The van der Waals surface area contributed by atoms with Gasteiger partial charge in [-0.1, -0.05) is 38.0 Å². The summed E-state index contributed by atoms with van der Waals surface area (Å²) in [5.41, 5.74) is 0.704. The van der Waals surface area contributed by atoms with Crippen molar-refractivity contribution in [2.24, 2.45) is 17.8 Å². The predicted molar refractivity (Wildman–Crippen MR) is 99.8 cm³/mol. The molecule has 0 amide bonds. The van der Waals surface area contributed by atoms with E-state index in [0.717, 1.165) is 17.8 Å². The topological polar surface area (TPSA) is 23.8 Å². The maximum Gasteiger partial charge on any atom is 0.151 e. The van der Waals surface area contributed by atoms with E-state index in [2.05, 4.69) is 6.92 Å². The first-order chi connectivity index (χ1) is 12.6. The highest BCUT2D eigenvalue weighted by molar-refractivity contribution is 5.85. The van der Waals surface area contributed by atoms with Crippen molar-refractivity contribution in [1.29, 1.82) is 5.26 Å². The minimum absolute atomic E-state index is 0.337. The number of benzene rings is 2. The van der Waals surface area contributed by atoms with E-state index in [1.165, 1.54) is 56.6 Å². The standard InChI is InChI=1S/C23H25F2N/c1-2-14-3-4-16-10-17(6-5-15(16)9-14)18-7-8-20-19(11-18)12-22(24)21(13-26)23(20)25/h7-8,11-12,14-17H,2-6,9-10H2,1H3/t14-,15?,16-,17?/m1/s1. The molecule has 1 nitrogen and oxygen atoms in total. The van der Waals surface area contributed by atoms with Crippen molar-refractivity contribution < 1.29 is 8.78 Å². The fourth-order valence-corrected chi connectivity index (χ4v) is 5.37. The highest BCUT2D eigenvalue weighted by Crippen LogP contribution is 2.48. The molecule has 0 spiro atoms. The molecule has 2 saturated carbocycles. The number of nitriles is 1. The Balaban J connectivity index is 1.59. The Morgan fingerprint density at radius 1 is 1.04 bits per heavy atom. The highest BCUT2D eigenvalue weighted by Gasteiger charge is 2.35. The monoisotopic (exact) mass is 353 g/mol. The van der Waals surface area contributed by atoms with E-state index >= 15 is 0 Å². The van der Waals surface area contributed by atoms with Gasteiger partial charge in [-0.2, -0.15) is 5.26 Å². The molecule has 0 aliphatic heterocycles. The third-order valence-corrected chi connectivity index (χ3v) is 6.93. The Labute approximate surface area is 154 Å². The van der Waals surface area contributed by atoms with Crippen LogP contribution in [0, 0.1) is 40.7 Å². The molecular weight excluding hydrogens is 328 g/mol. The molecule has 2 aromatic rings. The molecule has 0 bridgehead atoms. The maximum absolute atomic E-state index is 14.3. The van der Waals surface area contributed by atoms with Gasteiger partial charge in [0.1, 0.15) is 17.4 Å². The molecule has 2 aliphatic carbocycles. The molecule has 0 aromatic heterocycles. The number of halogens is 2. The maximum atomic E-state index is 14.3. The van der Waals surface area contributed by atoms with Crippen LogP contribution in [0.1, 0.15) is 68.9 Å². The van der Waals surface area contributed by atoms with Crippen LogP contribution in [0.2, 0.25) is 0 Å². The zero-order chi connectivity index (χ0) is 18.3. The molecule has 26 heavy (non-hydrogen) atoms. The predicted octanol–water partition coefficient (Wildman–Crippen LogP) is 6.70. The first-order valence-corrected chi connectivity index (χ1v) is 9.92. The minimum Gasteiger partial charge on any atom is -0.205 e. The van der Waals surface area contributed by atoms with Gasteiger partial charge in [-0.15, -0.1) is 0 Å². The van der Waals surface area contributed by atoms with Crippen LogP contribution >= 0.6 is 0 Å². The van der Waals surface area contributed by atoms with E-state index < -0.39 is 17.2 Å². The molecule has 0 N–H and O–H groups in total. The van der Waals surface area contributed by atoms with E-state index in [9.17, 15) is 8.78 Å². The summed E-state index contributed by atoms with van der Waals surface area (Å²) >= 11 is 0. The Kier molecular flexibility index (Phi) is 4.69. The van der Waals surface area contributed by atoms with Crippen LogP contribution in [0.5, 0.6) is 0 Å². The molecule has 0 heterocycles. The van der Waals surface area contributed by atoms with Crippen molar-refractivity contribution in [2.75, 3.05) is 0 Å². The molecule has 4 rings (SSSR count). The van der Waals surface area contributed by atoms with Gasteiger partial charge in [-0.05, 0) is 72.8 Å². The van der Waals surface area contributed by atoms with E-state index in [0.29, 0.717) is 16.7 Å². The van der Waals surface area contributed by atoms with Gasteiger partial charge in [0.2, 0.25) is 0 Å². The van der Waals surface area contributed by atoms with Crippen molar-refractivity contribution in [2.45, 2.75) is 57.8 Å². The average Bonchev–Trinajstić information content (AvgIpc) is 2.67. The fraction of sp³-hybridized carbons (Fsp3) is 0.522. The summed E-state index contributed by atoms with van der Waals surface area (Å²) in [4.78, 5) is 0. The molecule has 136 valence electrons. The molecule has 2 fully saturated rings. The van der Waals surface area contributed by atoms with Gasteiger partial charge in [0.15, 0.2) is 5.82 Å². The average molecular weight is 353 g/mol. The Morgan fingerprint density at radius 2 is 1.81 bits per heavy atom. The lowest BCUT2D eigenvalue weighted by Crippen LogP contribution is -2.30. The van der Waals surface area contributed by atoms with Crippen molar-refractivity contribution in [3.63, 3.8) is 0 Å². The summed E-state index contributed by atoms with van der Waals surface area (Å²) < 4.78 is 28.3. The van der Waals surface area contributed by atoms with Crippen LogP contribution in [0.25, 0.3) is 10.8 Å². The van der Waals surface area contributed by atoms with Gasteiger partial charge in [0.05, 0.1) is 0 Å². The van der Waals surface area contributed by atoms with Gasteiger partial charge in [0.25, 0.3) is 0 Å². The van der Waals surface area contributed by atoms with Crippen LogP contribution in [0.15, 0.2) is 24.3 Å². The zero-order valence-electron chi connectivity index (χ0n) is 15.3. The van der Waals surface area contributed by atoms with Crippen LogP contribution in [0.4, 0.5) is 8.78 Å². The van der Waals surface area contributed by atoms with Crippen LogP contribution < -0.4 is 0 Å². The largest absolute Gasteiger partial charge is 0.205 e. The summed E-state index contributed by atoms with van der Waals surface area (Å²) in [7, 11) is 0. The molecule has 2 aliphatic rings. The highest BCUT2D eigenvalue weighted by atomic mass is 19.1. The summed E-state index contributed by atoms with van der Waals surface area (Å²) in [5.74, 6) is 1.57. The van der Waals surface area contributed by atoms with E-state index in [1.54, 1.807) is 12.1 Å². The van der Waals surface area contributed by atoms with Gasteiger partial charge in [-0.3, -0.25) is 0 Å². The van der Waals surface area contributed by atoms with Crippen molar-refractivity contribution in [3.8, 4) is 6.07 Å². The quantitative estimate of drug-likeness (QED) is 0.589.